The van der Waals surface area contributed by atoms with Crippen molar-refractivity contribution in [2.24, 2.45) is 11.8 Å². The van der Waals surface area contributed by atoms with E-state index in [1.165, 1.54) is 0 Å². The molecule has 0 saturated heterocycles. The lowest BCUT2D eigenvalue weighted by Gasteiger charge is -2.07. The number of amides is 2. The van der Waals surface area contributed by atoms with Crippen molar-refractivity contribution < 1.29 is 14.3 Å². The van der Waals surface area contributed by atoms with Crippen molar-refractivity contribution in [2.45, 2.75) is 19.9 Å². The molecule has 1 aliphatic rings. The van der Waals surface area contributed by atoms with Crippen LogP contribution in [0.2, 0.25) is 0 Å². The molecule has 0 heterocycles. The molecule has 1 aliphatic carbocycles. The van der Waals surface area contributed by atoms with Gasteiger partial charge in [-0.15, -0.1) is 0 Å². The van der Waals surface area contributed by atoms with Gasteiger partial charge in [-0.2, -0.15) is 0 Å². The summed E-state index contributed by atoms with van der Waals surface area (Å²) < 4.78 is 5.11. The van der Waals surface area contributed by atoms with Gasteiger partial charge in [0.25, 0.3) is 0 Å². The summed E-state index contributed by atoms with van der Waals surface area (Å²) in [5.74, 6) is 0.152. The Bertz CT molecular complexity index is 754. The lowest BCUT2D eigenvalue weighted by atomic mass is 10.2. The van der Waals surface area contributed by atoms with Crippen molar-refractivity contribution in [1.82, 2.24) is 5.32 Å². The van der Waals surface area contributed by atoms with Gasteiger partial charge in [-0.25, -0.2) is 0 Å². The number of nitrogens with one attached hydrogen (secondary N) is 2. The van der Waals surface area contributed by atoms with E-state index in [0.717, 1.165) is 22.6 Å². The quantitative estimate of drug-likeness (QED) is 0.851. The second-order valence-corrected chi connectivity index (χ2v) is 6.37. The summed E-state index contributed by atoms with van der Waals surface area (Å²) >= 11 is 0. The summed E-state index contributed by atoms with van der Waals surface area (Å²) in [6, 6.07) is 15.2. The fourth-order valence-corrected chi connectivity index (χ4v) is 2.71. The van der Waals surface area contributed by atoms with Crippen molar-refractivity contribution in [3.63, 3.8) is 0 Å². The van der Waals surface area contributed by atoms with Crippen molar-refractivity contribution in [1.29, 1.82) is 0 Å². The first-order valence-corrected chi connectivity index (χ1v) is 8.35. The minimum atomic E-state index is -0.239. The van der Waals surface area contributed by atoms with Crippen LogP contribution in [0.25, 0.3) is 0 Å². The molecule has 2 amide bonds. The average molecular weight is 338 g/mol. The molecular weight excluding hydrogens is 316 g/mol. The Morgan fingerprint density at radius 1 is 1.00 bits per heavy atom. The minimum absolute atomic E-state index is 0.0696. The van der Waals surface area contributed by atoms with Gasteiger partial charge in [-0.3, -0.25) is 9.59 Å². The Morgan fingerprint density at radius 2 is 1.64 bits per heavy atom. The number of hydrogen-bond donors (Lipinski definition) is 2. The highest BCUT2D eigenvalue weighted by Crippen LogP contribution is 2.39. The van der Waals surface area contributed by atoms with Crippen LogP contribution in [0, 0.1) is 18.8 Å². The van der Waals surface area contributed by atoms with Crippen molar-refractivity contribution >= 4 is 17.5 Å². The van der Waals surface area contributed by atoms with Crippen molar-refractivity contribution in [3.8, 4) is 5.75 Å². The molecule has 130 valence electrons. The van der Waals surface area contributed by atoms with E-state index in [4.69, 9.17) is 4.74 Å². The maximum atomic E-state index is 12.2. The molecule has 2 unspecified atom stereocenters. The molecule has 5 nitrogen and oxygen atoms in total. The van der Waals surface area contributed by atoms with E-state index in [9.17, 15) is 9.59 Å². The van der Waals surface area contributed by atoms with Crippen molar-refractivity contribution in [3.05, 3.63) is 59.7 Å². The van der Waals surface area contributed by atoms with Gasteiger partial charge in [0, 0.05) is 12.2 Å². The first-order valence-electron chi connectivity index (χ1n) is 8.35. The van der Waals surface area contributed by atoms with E-state index in [1.54, 1.807) is 7.11 Å². The molecule has 5 heteroatoms. The van der Waals surface area contributed by atoms with E-state index in [2.05, 4.69) is 10.6 Å². The molecule has 0 spiro atoms. The third-order valence-electron chi connectivity index (χ3n) is 4.41. The number of carbonyl (C=O) groups excluding carboxylic acids is 2. The van der Waals surface area contributed by atoms with Crippen LogP contribution in [-0.2, 0) is 16.1 Å². The number of hydrogen-bond acceptors (Lipinski definition) is 3. The van der Waals surface area contributed by atoms with Crippen molar-refractivity contribution in [2.75, 3.05) is 12.4 Å². The molecular formula is C20H22N2O3. The molecule has 3 rings (SSSR count). The molecule has 2 aromatic rings. The lowest BCUT2D eigenvalue weighted by Crippen LogP contribution is -2.27. The number of rotatable bonds is 6. The van der Waals surface area contributed by atoms with E-state index >= 15 is 0 Å². The third kappa shape index (κ3) is 4.38. The van der Waals surface area contributed by atoms with Gasteiger partial charge in [-0.05, 0) is 43.2 Å². The summed E-state index contributed by atoms with van der Waals surface area (Å²) in [6.07, 6.45) is 0.603. The second kappa shape index (κ2) is 7.38. The zero-order valence-corrected chi connectivity index (χ0v) is 14.4. The van der Waals surface area contributed by atoms with E-state index in [0.29, 0.717) is 13.0 Å². The maximum absolute atomic E-state index is 12.2. The van der Waals surface area contributed by atoms with Gasteiger partial charge in [-0.1, -0.05) is 29.8 Å². The highest BCUT2D eigenvalue weighted by atomic mass is 16.5. The molecule has 0 aliphatic heterocycles. The Kier molecular flexibility index (Phi) is 5.03. The standard InChI is InChI=1S/C20H22N2O3/c1-13-3-7-15(8-4-13)22-20(24)18-11-17(18)19(23)21-12-14-5-9-16(25-2)10-6-14/h3-10,17-18H,11-12H2,1-2H3,(H,21,23)(H,22,24). The van der Waals surface area contributed by atoms with Crippen LogP contribution in [0.3, 0.4) is 0 Å². The zero-order valence-electron chi connectivity index (χ0n) is 14.4. The van der Waals surface area contributed by atoms with Crippen LogP contribution < -0.4 is 15.4 Å². The summed E-state index contributed by atoms with van der Waals surface area (Å²) in [5, 5.41) is 5.76. The Morgan fingerprint density at radius 3 is 2.28 bits per heavy atom. The maximum Gasteiger partial charge on any atom is 0.228 e. The largest absolute Gasteiger partial charge is 0.497 e. The summed E-state index contributed by atoms with van der Waals surface area (Å²) in [4.78, 5) is 24.4. The van der Waals surface area contributed by atoms with E-state index in [-0.39, 0.29) is 23.7 Å². The second-order valence-electron chi connectivity index (χ2n) is 6.37. The SMILES string of the molecule is COc1ccc(CNC(=O)C2CC2C(=O)Nc2ccc(C)cc2)cc1. The van der Waals surface area contributed by atoms with Crippen LogP contribution in [0.5, 0.6) is 5.75 Å². The van der Waals surface area contributed by atoms with Crippen LogP contribution in [-0.4, -0.2) is 18.9 Å². The first-order chi connectivity index (χ1) is 12.1. The number of anilines is 1. The smallest absolute Gasteiger partial charge is 0.228 e. The van der Waals surface area contributed by atoms with E-state index in [1.807, 2.05) is 55.5 Å². The van der Waals surface area contributed by atoms with Gasteiger partial charge in [0.1, 0.15) is 5.75 Å². The van der Waals surface area contributed by atoms with Crippen LogP contribution in [0.4, 0.5) is 5.69 Å². The van der Waals surface area contributed by atoms with Gasteiger partial charge in [0.05, 0.1) is 18.9 Å². The average Bonchev–Trinajstić information content (AvgIpc) is 3.43. The summed E-state index contributed by atoms with van der Waals surface area (Å²) in [6.45, 7) is 2.45. The Labute approximate surface area is 147 Å². The van der Waals surface area contributed by atoms with E-state index < -0.39 is 0 Å². The molecule has 0 radical (unpaired) electrons. The molecule has 0 aromatic heterocycles. The highest BCUT2D eigenvalue weighted by Gasteiger charge is 2.47. The molecule has 1 saturated carbocycles. The summed E-state index contributed by atoms with van der Waals surface area (Å²) in [7, 11) is 1.62. The molecule has 2 aromatic carbocycles. The van der Waals surface area contributed by atoms with Crippen LogP contribution >= 0.6 is 0 Å². The number of benzene rings is 2. The van der Waals surface area contributed by atoms with Gasteiger partial charge in [0.15, 0.2) is 0 Å². The van der Waals surface area contributed by atoms with Gasteiger partial charge < -0.3 is 15.4 Å². The first kappa shape index (κ1) is 17.0. The topological polar surface area (TPSA) is 67.4 Å². The lowest BCUT2D eigenvalue weighted by molar-refractivity contribution is -0.125. The molecule has 2 atom stereocenters. The van der Waals surface area contributed by atoms with Crippen LogP contribution in [0.15, 0.2) is 48.5 Å². The van der Waals surface area contributed by atoms with Crippen LogP contribution in [0.1, 0.15) is 17.5 Å². The number of ether oxygens (including phenoxy) is 1. The predicted molar refractivity (Wildman–Crippen MR) is 96.2 cm³/mol. The Balaban J connectivity index is 1.46. The third-order valence-corrected chi connectivity index (χ3v) is 4.41. The summed E-state index contributed by atoms with van der Waals surface area (Å²) in [5.41, 5.74) is 2.90. The monoisotopic (exact) mass is 338 g/mol. The predicted octanol–water partition coefficient (Wildman–Crippen LogP) is 2.89. The fraction of sp³-hybridized carbons (Fsp3) is 0.300. The number of methoxy groups -OCH3 is 1. The van der Waals surface area contributed by atoms with Gasteiger partial charge in [0.2, 0.25) is 11.8 Å². The molecule has 2 N–H and O–H groups in total. The molecule has 25 heavy (non-hydrogen) atoms. The highest BCUT2D eigenvalue weighted by molar-refractivity contribution is 5.99. The molecule has 1 fully saturated rings. The fourth-order valence-electron chi connectivity index (χ4n) is 2.71. The molecule has 0 bridgehead atoms. The van der Waals surface area contributed by atoms with Gasteiger partial charge >= 0.3 is 0 Å². The number of carbonyl (C=O) groups is 2. The normalized spacial score (nSPS) is 18.3. The minimum Gasteiger partial charge on any atom is -0.497 e. The Hall–Kier alpha value is -2.82. The zero-order chi connectivity index (χ0) is 17.8. The number of aryl methyl sites for hydroxylation is 1.